The first kappa shape index (κ1) is 9.94. The number of ketones is 1. The summed E-state index contributed by atoms with van der Waals surface area (Å²) in [5.74, 6) is 0.0768. The predicted molar refractivity (Wildman–Crippen MR) is 45.4 cm³/mol. The van der Waals surface area contributed by atoms with Crippen LogP contribution >= 0.6 is 12.6 Å². The molecule has 0 aromatic heterocycles. The molecule has 0 radical (unpaired) electrons. The van der Waals surface area contributed by atoms with Crippen molar-refractivity contribution in [3.05, 3.63) is 0 Å². The number of carbonyl (C=O) groups excluding carboxylic acids is 1. The van der Waals surface area contributed by atoms with Crippen LogP contribution in [0.25, 0.3) is 0 Å². The zero-order valence-corrected chi connectivity index (χ0v) is 7.19. The summed E-state index contributed by atoms with van der Waals surface area (Å²) in [6, 6.07) is -0.215. The average Bonchev–Trinajstić information content (AvgIpc) is 1.88. The van der Waals surface area contributed by atoms with Crippen LogP contribution in [0.15, 0.2) is 0 Å². The molecule has 3 nitrogen and oxygen atoms in total. The highest BCUT2D eigenvalue weighted by molar-refractivity contribution is 7.81. The van der Waals surface area contributed by atoms with Crippen LogP contribution in [0, 0.1) is 0 Å². The summed E-state index contributed by atoms with van der Waals surface area (Å²) in [5.41, 5.74) is 5.32. The van der Waals surface area contributed by atoms with E-state index in [-0.39, 0.29) is 17.1 Å². The van der Waals surface area contributed by atoms with E-state index in [9.17, 15) is 4.79 Å². The largest absolute Gasteiger partial charge is 0.329 e. The van der Waals surface area contributed by atoms with Gasteiger partial charge in [-0.15, -0.1) is 0 Å². The first-order chi connectivity index (χ1) is 4.63. The second-order valence-corrected chi connectivity index (χ2v) is 2.84. The Morgan fingerprint density at radius 3 is 2.40 bits per heavy atom. The first-order valence-electron chi connectivity index (χ1n) is 3.19. The molecule has 0 fully saturated rings. The van der Waals surface area contributed by atoms with E-state index >= 15 is 0 Å². The van der Waals surface area contributed by atoms with Crippen molar-refractivity contribution in [2.75, 3.05) is 13.6 Å². The van der Waals surface area contributed by atoms with E-state index in [4.69, 9.17) is 5.73 Å². The van der Waals surface area contributed by atoms with E-state index in [1.54, 1.807) is 7.05 Å². The summed E-state index contributed by atoms with van der Waals surface area (Å²) in [6.45, 7) is 1.94. The summed E-state index contributed by atoms with van der Waals surface area (Å²) in [7, 11) is 1.73. The van der Waals surface area contributed by atoms with Crippen molar-refractivity contribution in [3.63, 3.8) is 0 Å². The van der Waals surface area contributed by atoms with E-state index in [0.29, 0.717) is 6.54 Å². The number of hydrogen-bond acceptors (Lipinski definition) is 4. The molecule has 3 N–H and O–H groups in total. The number of nitrogens with two attached hydrogens (primary N) is 1. The zero-order valence-electron chi connectivity index (χ0n) is 6.29. The molecular weight excluding hydrogens is 148 g/mol. The standard InChI is InChI=1S/C6H14N2OS/c1-4(9)6(8-2)5(10)3-7/h5-6,8,10H,3,7H2,1-2H3. The zero-order chi connectivity index (χ0) is 8.15. The maximum Gasteiger partial charge on any atom is 0.147 e. The fraction of sp³-hybridized carbons (Fsp3) is 0.833. The predicted octanol–water partition coefficient (Wildman–Crippen LogP) is -0.580. The van der Waals surface area contributed by atoms with Crippen molar-refractivity contribution in [2.24, 2.45) is 5.73 Å². The Kier molecular flexibility index (Phi) is 4.68. The molecular formula is C6H14N2OS. The third kappa shape index (κ3) is 2.68. The third-order valence-electron chi connectivity index (χ3n) is 1.38. The molecule has 0 aliphatic heterocycles. The topological polar surface area (TPSA) is 55.1 Å². The fourth-order valence-corrected chi connectivity index (χ4v) is 1.16. The van der Waals surface area contributed by atoms with Gasteiger partial charge in [-0.1, -0.05) is 0 Å². The molecule has 0 aromatic carbocycles. The Morgan fingerprint density at radius 1 is 1.80 bits per heavy atom. The lowest BCUT2D eigenvalue weighted by Crippen LogP contribution is -2.43. The van der Waals surface area contributed by atoms with Gasteiger partial charge in [-0.05, 0) is 14.0 Å². The Balaban J connectivity index is 3.92. The minimum absolute atomic E-state index is 0.0768. The van der Waals surface area contributed by atoms with Crippen LogP contribution in [0.3, 0.4) is 0 Å². The lowest BCUT2D eigenvalue weighted by atomic mass is 10.1. The molecule has 0 bridgehead atoms. The van der Waals surface area contributed by atoms with Gasteiger partial charge >= 0.3 is 0 Å². The summed E-state index contributed by atoms with van der Waals surface area (Å²) in [6.07, 6.45) is 0. The van der Waals surface area contributed by atoms with E-state index in [2.05, 4.69) is 17.9 Å². The number of hydrogen-bond donors (Lipinski definition) is 3. The fourth-order valence-electron chi connectivity index (χ4n) is 0.803. The van der Waals surface area contributed by atoms with Crippen molar-refractivity contribution in [3.8, 4) is 0 Å². The molecule has 0 heterocycles. The monoisotopic (exact) mass is 162 g/mol. The normalized spacial score (nSPS) is 16.4. The molecule has 10 heavy (non-hydrogen) atoms. The minimum Gasteiger partial charge on any atom is -0.329 e. The van der Waals surface area contributed by atoms with Gasteiger partial charge in [0.1, 0.15) is 5.78 Å². The number of thiol groups is 1. The Labute approximate surface area is 66.8 Å². The Hall–Kier alpha value is -0.0600. The van der Waals surface area contributed by atoms with E-state index in [1.165, 1.54) is 6.92 Å². The van der Waals surface area contributed by atoms with Crippen LogP contribution in [0.2, 0.25) is 0 Å². The van der Waals surface area contributed by atoms with Gasteiger partial charge in [-0.2, -0.15) is 12.6 Å². The molecule has 0 spiro atoms. The Morgan fingerprint density at radius 2 is 2.30 bits per heavy atom. The highest BCUT2D eigenvalue weighted by atomic mass is 32.1. The SMILES string of the molecule is CNC(C(C)=O)C(S)CN. The van der Waals surface area contributed by atoms with Crippen molar-refractivity contribution in [1.29, 1.82) is 0 Å². The van der Waals surface area contributed by atoms with Crippen molar-refractivity contribution < 1.29 is 4.79 Å². The van der Waals surface area contributed by atoms with Gasteiger partial charge in [0, 0.05) is 11.8 Å². The van der Waals surface area contributed by atoms with Gasteiger partial charge in [0.2, 0.25) is 0 Å². The van der Waals surface area contributed by atoms with Crippen molar-refractivity contribution in [1.82, 2.24) is 5.32 Å². The summed E-state index contributed by atoms with van der Waals surface area (Å²) < 4.78 is 0. The van der Waals surface area contributed by atoms with Gasteiger partial charge in [-0.25, -0.2) is 0 Å². The molecule has 2 atom stereocenters. The summed E-state index contributed by atoms with van der Waals surface area (Å²) >= 11 is 4.14. The summed E-state index contributed by atoms with van der Waals surface area (Å²) in [4.78, 5) is 10.8. The summed E-state index contributed by atoms with van der Waals surface area (Å²) in [5, 5.41) is 2.77. The number of Topliss-reactive ketones (excluding diaryl/α,β-unsaturated/α-hetero) is 1. The number of carbonyl (C=O) groups is 1. The number of likely N-dealkylation sites (N-methyl/N-ethyl adjacent to an activating group) is 1. The average molecular weight is 162 g/mol. The van der Waals surface area contributed by atoms with Crippen molar-refractivity contribution >= 4 is 18.4 Å². The highest BCUT2D eigenvalue weighted by Gasteiger charge is 2.18. The van der Waals surface area contributed by atoms with Crippen LogP contribution in [0.1, 0.15) is 6.92 Å². The van der Waals surface area contributed by atoms with Gasteiger partial charge in [0.25, 0.3) is 0 Å². The van der Waals surface area contributed by atoms with Gasteiger partial charge in [0.05, 0.1) is 6.04 Å². The van der Waals surface area contributed by atoms with Crippen LogP contribution in [0.4, 0.5) is 0 Å². The molecule has 0 aliphatic rings. The molecule has 4 heteroatoms. The highest BCUT2D eigenvalue weighted by Crippen LogP contribution is 2.00. The van der Waals surface area contributed by atoms with Gasteiger partial charge in [0.15, 0.2) is 0 Å². The first-order valence-corrected chi connectivity index (χ1v) is 3.71. The van der Waals surface area contributed by atoms with Gasteiger partial charge < -0.3 is 11.1 Å². The second kappa shape index (κ2) is 4.71. The van der Waals surface area contributed by atoms with E-state index in [1.807, 2.05) is 0 Å². The molecule has 60 valence electrons. The van der Waals surface area contributed by atoms with Crippen LogP contribution in [0.5, 0.6) is 0 Å². The van der Waals surface area contributed by atoms with E-state index < -0.39 is 0 Å². The minimum atomic E-state index is -0.215. The Bertz CT molecular complexity index is 118. The quantitative estimate of drug-likeness (QED) is 0.485. The lowest BCUT2D eigenvalue weighted by molar-refractivity contribution is -0.118. The molecule has 0 amide bonds. The third-order valence-corrected chi connectivity index (χ3v) is 1.88. The molecule has 2 unspecified atom stereocenters. The van der Waals surface area contributed by atoms with Crippen LogP contribution in [-0.2, 0) is 4.79 Å². The van der Waals surface area contributed by atoms with Crippen molar-refractivity contribution in [2.45, 2.75) is 18.2 Å². The van der Waals surface area contributed by atoms with Crippen LogP contribution < -0.4 is 11.1 Å². The smallest absolute Gasteiger partial charge is 0.147 e. The lowest BCUT2D eigenvalue weighted by Gasteiger charge is -2.17. The molecule has 0 saturated carbocycles. The maximum absolute atomic E-state index is 10.8. The molecule has 0 aliphatic carbocycles. The van der Waals surface area contributed by atoms with Crippen LogP contribution in [-0.4, -0.2) is 30.7 Å². The maximum atomic E-state index is 10.8. The molecule has 0 rings (SSSR count). The molecule has 0 aromatic rings. The van der Waals surface area contributed by atoms with E-state index in [0.717, 1.165) is 0 Å². The molecule has 0 saturated heterocycles. The van der Waals surface area contributed by atoms with Gasteiger partial charge in [-0.3, -0.25) is 4.79 Å². The second-order valence-electron chi connectivity index (χ2n) is 2.18. The number of nitrogens with one attached hydrogen (secondary N) is 1. The number of rotatable bonds is 4.